The van der Waals surface area contributed by atoms with E-state index in [-0.39, 0.29) is 11.4 Å². The lowest BCUT2D eigenvalue weighted by Gasteiger charge is -2.41. The topological polar surface area (TPSA) is 76.8 Å². The van der Waals surface area contributed by atoms with Crippen molar-refractivity contribution >= 4 is 5.91 Å². The lowest BCUT2D eigenvalue weighted by atomic mass is 9.90. The Labute approximate surface area is 121 Å². The molecule has 0 aromatic carbocycles. The molecule has 0 spiro atoms. The Morgan fingerprint density at radius 1 is 1.20 bits per heavy atom. The summed E-state index contributed by atoms with van der Waals surface area (Å²) in [5.41, 5.74) is 5.34. The van der Waals surface area contributed by atoms with Crippen molar-refractivity contribution in [2.24, 2.45) is 5.73 Å². The number of carbonyl (C=O) groups excluding carboxylic acids is 1. The maximum absolute atomic E-state index is 12.3. The van der Waals surface area contributed by atoms with E-state index >= 15 is 0 Å². The number of hydrogen-bond donors (Lipinski definition) is 2. The lowest BCUT2D eigenvalue weighted by molar-refractivity contribution is -0.130. The van der Waals surface area contributed by atoms with Gasteiger partial charge >= 0.3 is 0 Å². The van der Waals surface area contributed by atoms with Crippen LogP contribution in [0.1, 0.15) is 26.7 Å². The lowest BCUT2D eigenvalue weighted by Crippen LogP contribution is -2.61. The number of morpholine rings is 1. The van der Waals surface area contributed by atoms with E-state index in [1.54, 1.807) is 0 Å². The molecular formula is C14H27N3O3. The highest BCUT2D eigenvalue weighted by Gasteiger charge is 2.37. The van der Waals surface area contributed by atoms with Crippen LogP contribution in [0.5, 0.6) is 0 Å². The minimum atomic E-state index is -0.765. The van der Waals surface area contributed by atoms with Gasteiger partial charge in [-0.3, -0.25) is 9.69 Å². The van der Waals surface area contributed by atoms with E-state index in [0.717, 1.165) is 26.3 Å². The highest BCUT2D eigenvalue weighted by molar-refractivity contribution is 5.86. The van der Waals surface area contributed by atoms with Crippen molar-refractivity contribution in [3.05, 3.63) is 0 Å². The highest BCUT2D eigenvalue weighted by atomic mass is 16.5. The number of amides is 1. The van der Waals surface area contributed by atoms with Gasteiger partial charge in [0.15, 0.2) is 0 Å². The molecule has 6 nitrogen and oxygen atoms in total. The van der Waals surface area contributed by atoms with Gasteiger partial charge in [-0.1, -0.05) is 0 Å². The molecule has 0 unspecified atom stereocenters. The summed E-state index contributed by atoms with van der Waals surface area (Å²) < 4.78 is 10.6. The first-order chi connectivity index (χ1) is 9.44. The molecule has 0 saturated carbocycles. The van der Waals surface area contributed by atoms with Gasteiger partial charge < -0.3 is 20.5 Å². The van der Waals surface area contributed by atoms with Gasteiger partial charge in [-0.25, -0.2) is 0 Å². The molecule has 0 aromatic heterocycles. The summed E-state index contributed by atoms with van der Waals surface area (Å²) in [6.07, 6.45) is 1.19. The number of nitrogens with two attached hydrogens (primary N) is 1. The number of carbonyl (C=O) groups is 1. The van der Waals surface area contributed by atoms with Crippen molar-refractivity contribution in [3.63, 3.8) is 0 Å². The van der Waals surface area contributed by atoms with E-state index < -0.39 is 5.54 Å². The zero-order valence-electron chi connectivity index (χ0n) is 12.6. The van der Waals surface area contributed by atoms with Crippen LogP contribution in [0, 0.1) is 0 Å². The molecule has 1 amide bonds. The van der Waals surface area contributed by atoms with E-state index in [2.05, 4.69) is 24.1 Å². The molecule has 2 aliphatic heterocycles. The largest absolute Gasteiger partial charge is 0.381 e. The predicted octanol–water partition coefficient (Wildman–Crippen LogP) is -0.279. The third kappa shape index (κ3) is 3.69. The first-order valence-electron chi connectivity index (χ1n) is 7.42. The SMILES string of the molecule is CC(C)(CNC(=O)C1(N)CCOCC1)N1CCOCC1. The van der Waals surface area contributed by atoms with E-state index in [4.69, 9.17) is 15.2 Å². The van der Waals surface area contributed by atoms with Crippen molar-refractivity contribution in [2.45, 2.75) is 37.8 Å². The van der Waals surface area contributed by atoms with Crippen LogP contribution in [-0.2, 0) is 14.3 Å². The van der Waals surface area contributed by atoms with Crippen LogP contribution in [0.3, 0.4) is 0 Å². The van der Waals surface area contributed by atoms with Crippen LogP contribution in [0.4, 0.5) is 0 Å². The Balaban J connectivity index is 1.85. The average molecular weight is 285 g/mol. The maximum atomic E-state index is 12.3. The predicted molar refractivity (Wildman–Crippen MR) is 76.5 cm³/mol. The van der Waals surface area contributed by atoms with Gasteiger partial charge in [0.05, 0.1) is 18.8 Å². The Hall–Kier alpha value is -0.690. The number of nitrogens with one attached hydrogen (secondary N) is 1. The molecule has 2 fully saturated rings. The molecule has 0 bridgehead atoms. The summed E-state index contributed by atoms with van der Waals surface area (Å²) in [6, 6.07) is 0. The van der Waals surface area contributed by atoms with E-state index in [9.17, 15) is 4.79 Å². The summed E-state index contributed by atoms with van der Waals surface area (Å²) in [4.78, 5) is 14.7. The zero-order valence-corrected chi connectivity index (χ0v) is 12.6. The zero-order chi connectivity index (χ0) is 14.6. The van der Waals surface area contributed by atoms with Crippen molar-refractivity contribution in [3.8, 4) is 0 Å². The van der Waals surface area contributed by atoms with Crippen LogP contribution >= 0.6 is 0 Å². The molecule has 2 rings (SSSR count). The fraction of sp³-hybridized carbons (Fsp3) is 0.929. The van der Waals surface area contributed by atoms with E-state index in [1.165, 1.54) is 0 Å². The van der Waals surface area contributed by atoms with Crippen LogP contribution in [0.2, 0.25) is 0 Å². The Morgan fingerprint density at radius 2 is 1.75 bits per heavy atom. The normalized spacial score (nSPS) is 24.4. The van der Waals surface area contributed by atoms with Gasteiger partial charge in [0.2, 0.25) is 5.91 Å². The summed E-state index contributed by atoms with van der Waals surface area (Å²) >= 11 is 0. The summed E-state index contributed by atoms with van der Waals surface area (Å²) in [7, 11) is 0. The fourth-order valence-electron chi connectivity index (χ4n) is 2.72. The van der Waals surface area contributed by atoms with Crippen LogP contribution in [0.15, 0.2) is 0 Å². The van der Waals surface area contributed by atoms with Gasteiger partial charge in [0.1, 0.15) is 0 Å². The smallest absolute Gasteiger partial charge is 0.240 e. The number of ether oxygens (including phenoxy) is 2. The second-order valence-corrected chi connectivity index (χ2v) is 6.36. The van der Waals surface area contributed by atoms with Crippen molar-refractivity contribution in [2.75, 3.05) is 46.1 Å². The molecule has 116 valence electrons. The van der Waals surface area contributed by atoms with Crippen molar-refractivity contribution in [1.29, 1.82) is 0 Å². The molecule has 0 aliphatic carbocycles. The molecule has 2 heterocycles. The van der Waals surface area contributed by atoms with Crippen LogP contribution in [0.25, 0.3) is 0 Å². The first kappa shape index (κ1) is 15.7. The molecular weight excluding hydrogens is 258 g/mol. The summed E-state index contributed by atoms with van der Waals surface area (Å²) in [5.74, 6) is -0.0536. The molecule has 0 atom stereocenters. The monoisotopic (exact) mass is 285 g/mol. The molecule has 2 saturated heterocycles. The highest BCUT2D eigenvalue weighted by Crippen LogP contribution is 2.19. The second kappa shape index (κ2) is 6.39. The minimum absolute atomic E-state index is 0.0536. The van der Waals surface area contributed by atoms with Gasteiger partial charge in [-0.15, -0.1) is 0 Å². The van der Waals surface area contributed by atoms with Gasteiger partial charge in [-0.2, -0.15) is 0 Å². The van der Waals surface area contributed by atoms with Gasteiger partial charge in [0.25, 0.3) is 0 Å². The van der Waals surface area contributed by atoms with Crippen molar-refractivity contribution < 1.29 is 14.3 Å². The minimum Gasteiger partial charge on any atom is -0.381 e. The quantitative estimate of drug-likeness (QED) is 0.743. The molecule has 20 heavy (non-hydrogen) atoms. The summed E-state index contributed by atoms with van der Waals surface area (Å²) in [5, 5.41) is 3.03. The maximum Gasteiger partial charge on any atom is 0.240 e. The fourth-order valence-corrected chi connectivity index (χ4v) is 2.72. The van der Waals surface area contributed by atoms with E-state index in [0.29, 0.717) is 32.6 Å². The number of rotatable bonds is 4. The van der Waals surface area contributed by atoms with Crippen LogP contribution in [-0.4, -0.2) is 67.9 Å². The number of hydrogen-bond acceptors (Lipinski definition) is 5. The second-order valence-electron chi connectivity index (χ2n) is 6.36. The first-order valence-corrected chi connectivity index (χ1v) is 7.42. The van der Waals surface area contributed by atoms with Crippen molar-refractivity contribution in [1.82, 2.24) is 10.2 Å². The summed E-state index contributed by atoms with van der Waals surface area (Å²) in [6.45, 7) is 9.36. The number of nitrogens with zero attached hydrogens (tertiary/aromatic N) is 1. The Bertz CT molecular complexity index is 335. The molecule has 0 aromatic rings. The Kier molecular flexibility index (Phi) is 5.01. The average Bonchev–Trinajstić information content (AvgIpc) is 2.46. The van der Waals surface area contributed by atoms with Crippen LogP contribution < -0.4 is 11.1 Å². The molecule has 2 aliphatic rings. The molecule has 3 N–H and O–H groups in total. The van der Waals surface area contributed by atoms with Gasteiger partial charge in [0, 0.05) is 38.4 Å². The molecule has 0 radical (unpaired) electrons. The van der Waals surface area contributed by atoms with E-state index in [1.807, 2.05) is 0 Å². The third-order valence-corrected chi connectivity index (χ3v) is 4.39. The molecule has 6 heteroatoms. The standard InChI is InChI=1S/C14H27N3O3/c1-13(2,17-5-9-20-10-6-17)11-16-12(18)14(15)3-7-19-8-4-14/h3-11,15H2,1-2H3,(H,16,18). The Morgan fingerprint density at radius 3 is 2.35 bits per heavy atom. The van der Waals surface area contributed by atoms with Gasteiger partial charge in [-0.05, 0) is 26.7 Å². The third-order valence-electron chi connectivity index (χ3n) is 4.39.